The van der Waals surface area contributed by atoms with Crippen molar-refractivity contribution >= 4 is 11.9 Å². The van der Waals surface area contributed by atoms with Crippen LogP contribution >= 0.6 is 0 Å². The number of likely N-dealkylation sites (N-methyl/N-ethyl adjacent to an activating group) is 1. The maximum absolute atomic E-state index is 12.3. The van der Waals surface area contributed by atoms with Crippen molar-refractivity contribution in [3.05, 3.63) is 18.7 Å². The van der Waals surface area contributed by atoms with Crippen LogP contribution in [0.4, 0.5) is 0 Å². The van der Waals surface area contributed by atoms with E-state index in [1.165, 1.54) is 12.0 Å². The van der Waals surface area contributed by atoms with Gasteiger partial charge in [-0.3, -0.25) is 9.59 Å². The summed E-state index contributed by atoms with van der Waals surface area (Å²) in [6.07, 6.45) is 7.56. The number of aromatic nitrogens is 2. The third-order valence-electron chi connectivity index (χ3n) is 3.26. The molecule has 112 valence electrons. The van der Waals surface area contributed by atoms with Crippen LogP contribution in [0.3, 0.4) is 0 Å². The highest BCUT2D eigenvalue weighted by atomic mass is 16.5. The lowest BCUT2D eigenvalue weighted by Crippen LogP contribution is -2.37. The molecule has 0 saturated carbocycles. The molecule has 20 heavy (non-hydrogen) atoms. The zero-order valence-corrected chi connectivity index (χ0v) is 12.4. The first-order chi connectivity index (χ1) is 9.62. The summed E-state index contributed by atoms with van der Waals surface area (Å²) in [5.41, 5.74) is 0. The normalized spacial score (nSPS) is 11.9. The second kappa shape index (κ2) is 8.35. The van der Waals surface area contributed by atoms with Gasteiger partial charge in [0.25, 0.3) is 0 Å². The summed E-state index contributed by atoms with van der Waals surface area (Å²) in [5.74, 6) is -0.431. The number of imidazole rings is 1. The Labute approximate surface area is 119 Å². The van der Waals surface area contributed by atoms with Gasteiger partial charge < -0.3 is 14.2 Å². The standard InChI is InChI=1S/C14H23N3O3/c1-4-6-12(17-8-7-15-11-17)9-13(18)16(5-2)10-14(19)20-3/h7-8,11-12H,4-6,9-10H2,1-3H3. The predicted molar refractivity (Wildman–Crippen MR) is 75.1 cm³/mol. The molecule has 1 heterocycles. The van der Waals surface area contributed by atoms with Gasteiger partial charge in [0, 0.05) is 31.4 Å². The lowest BCUT2D eigenvalue weighted by molar-refractivity contribution is -0.147. The van der Waals surface area contributed by atoms with Gasteiger partial charge in [-0.1, -0.05) is 13.3 Å². The Bertz CT molecular complexity index is 417. The minimum absolute atomic E-state index is 0.00854. The van der Waals surface area contributed by atoms with E-state index in [1.54, 1.807) is 12.5 Å². The van der Waals surface area contributed by atoms with Crippen molar-refractivity contribution in [2.45, 2.75) is 39.2 Å². The van der Waals surface area contributed by atoms with E-state index in [9.17, 15) is 9.59 Å². The van der Waals surface area contributed by atoms with E-state index in [4.69, 9.17) is 0 Å². The van der Waals surface area contributed by atoms with Gasteiger partial charge in [0.1, 0.15) is 6.54 Å². The van der Waals surface area contributed by atoms with E-state index < -0.39 is 5.97 Å². The van der Waals surface area contributed by atoms with Crippen LogP contribution in [0.1, 0.15) is 39.2 Å². The summed E-state index contributed by atoms with van der Waals surface area (Å²) in [4.78, 5) is 29.1. The van der Waals surface area contributed by atoms with Gasteiger partial charge in [-0.15, -0.1) is 0 Å². The van der Waals surface area contributed by atoms with Crippen LogP contribution in [0.25, 0.3) is 0 Å². The molecule has 6 nitrogen and oxygen atoms in total. The fourth-order valence-electron chi connectivity index (χ4n) is 2.10. The molecule has 0 aliphatic rings. The molecule has 0 saturated heterocycles. The number of hydrogen-bond donors (Lipinski definition) is 0. The van der Waals surface area contributed by atoms with Crippen molar-refractivity contribution < 1.29 is 14.3 Å². The Morgan fingerprint density at radius 1 is 1.40 bits per heavy atom. The van der Waals surface area contributed by atoms with Crippen LogP contribution < -0.4 is 0 Å². The number of ether oxygens (including phenoxy) is 1. The van der Waals surface area contributed by atoms with E-state index in [1.807, 2.05) is 17.7 Å². The zero-order chi connectivity index (χ0) is 15.0. The minimum Gasteiger partial charge on any atom is -0.468 e. The molecule has 1 aromatic heterocycles. The predicted octanol–water partition coefficient (Wildman–Crippen LogP) is 1.64. The summed E-state index contributed by atoms with van der Waals surface area (Å²) < 4.78 is 6.56. The summed E-state index contributed by atoms with van der Waals surface area (Å²) in [5, 5.41) is 0. The van der Waals surface area contributed by atoms with Crippen molar-refractivity contribution in [3.63, 3.8) is 0 Å². The van der Waals surface area contributed by atoms with Gasteiger partial charge in [0.05, 0.1) is 13.4 Å². The number of carbonyl (C=O) groups excluding carboxylic acids is 2. The molecule has 1 atom stereocenters. The highest BCUT2D eigenvalue weighted by Gasteiger charge is 2.20. The third kappa shape index (κ3) is 4.68. The largest absolute Gasteiger partial charge is 0.468 e. The smallest absolute Gasteiger partial charge is 0.325 e. The fourth-order valence-corrected chi connectivity index (χ4v) is 2.10. The van der Waals surface area contributed by atoms with E-state index in [-0.39, 0.29) is 18.5 Å². The van der Waals surface area contributed by atoms with Gasteiger partial charge in [-0.2, -0.15) is 0 Å². The van der Waals surface area contributed by atoms with Crippen LogP contribution in [-0.2, 0) is 14.3 Å². The molecular weight excluding hydrogens is 258 g/mol. The SMILES string of the molecule is CCCC(CC(=O)N(CC)CC(=O)OC)n1ccnc1. The Kier molecular flexibility index (Phi) is 6.76. The number of esters is 1. The first-order valence-corrected chi connectivity index (χ1v) is 6.94. The van der Waals surface area contributed by atoms with E-state index in [0.717, 1.165) is 12.8 Å². The van der Waals surface area contributed by atoms with Crippen molar-refractivity contribution in [2.75, 3.05) is 20.2 Å². The Balaban J connectivity index is 2.66. The van der Waals surface area contributed by atoms with Crippen LogP contribution in [0.2, 0.25) is 0 Å². The van der Waals surface area contributed by atoms with Gasteiger partial charge in [0.15, 0.2) is 0 Å². The Hall–Kier alpha value is -1.85. The van der Waals surface area contributed by atoms with E-state index in [0.29, 0.717) is 13.0 Å². The minimum atomic E-state index is -0.394. The van der Waals surface area contributed by atoms with Gasteiger partial charge >= 0.3 is 5.97 Å². The average molecular weight is 281 g/mol. The maximum Gasteiger partial charge on any atom is 0.325 e. The molecule has 1 rings (SSSR count). The van der Waals surface area contributed by atoms with Gasteiger partial charge in [-0.25, -0.2) is 4.98 Å². The van der Waals surface area contributed by atoms with Crippen molar-refractivity contribution in [3.8, 4) is 0 Å². The molecule has 1 unspecified atom stereocenters. The van der Waals surface area contributed by atoms with E-state index in [2.05, 4.69) is 16.6 Å². The second-order valence-electron chi connectivity index (χ2n) is 4.64. The number of methoxy groups -OCH3 is 1. The summed E-state index contributed by atoms with van der Waals surface area (Å²) in [6.45, 7) is 4.44. The lowest BCUT2D eigenvalue weighted by Gasteiger charge is -2.23. The molecule has 0 aliphatic heterocycles. The molecule has 0 aromatic carbocycles. The summed E-state index contributed by atoms with van der Waals surface area (Å²) in [6, 6.07) is 0.0849. The Morgan fingerprint density at radius 2 is 2.15 bits per heavy atom. The molecule has 6 heteroatoms. The van der Waals surface area contributed by atoms with Crippen LogP contribution in [0.5, 0.6) is 0 Å². The Morgan fingerprint density at radius 3 is 2.65 bits per heavy atom. The molecule has 0 spiro atoms. The van der Waals surface area contributed by atoms with Crippen molar-refractivity contribution in [1.82, 2.24) is 14.5 Å². The van der Waals surface area contributed by atoms with Gasteiger partial charge in [0.2, 0.25) is 5.91 Å². The fraction of sp³-hybridized carbons (Fsp3) is 0.643. The van der Waals surface area contributed by atoms with Crippen LogP contribution in [0, 0.1) is 0 Å². The maximum atomic E-state index is 12.3. The first kappa shape index (κ1) is 16.2. The molecule has 0 radical (unpaired) electrons. The third-order valence-corrected chi connectivity index (χ3v) is 3.26. The number of rotatable bonds is 8. The molecule has 1 aromatic rings. The zero-order valence-electron chi connectivity index (χ0n) is 12.4. The topological polar surface area (TPSA) is 64.4 Å². The average Bonchev–Trinajstić information content (AvgIpc) is 2.97. The number of carbonyl (C=O) groups is 2. The molecule has 0 bridgehead atoms. The second-order valence-corrected chi connectivity index (χ2v) is 4.64. The quantitative estimate of drug-likeness (QED) is 0.679. The molecular formula is C14H23N3O3. The van der Waals surface area contributed by atoms with Crippen molar-refractivity contribution in [1.29, 1.82) is 0 Å². The lowest BCUT2D eigenvalue weighted by atomic mass is 10.1. The number of nitrogens with zero attached hydrogens (tertiary/aromatic N) is 3. The number of amides is 1. The van der Waals surface area contributed by atoms with Crippen LogP contribution in [0.15, 0.2) is 18.7 Å². The molecule has 1 amide bonds. The molecule has 0 N–H and O–H groups in total. The summed E-state index contributed by atoms with van der Waals surface area (Å²) >= 11 is 0. The van der Waals surface area contributed by atoms with Crippen molar-refractivity contribution in [2.24, 2.45) is 0 Å². The number of hydrogen-bond acceptors (Lipinski definition) is 4. The monoisotopic (exact) mass is 281 g/mol. The van der Waals surface area contributed by atoms with Gasteiger partial charge in [-0.05, 0) is 13.3 Å². The molecule has 0 fully saturated rings. The molecule has 0 aliphatic carbocycles. The highest BCUT2D eigenvalue weighted by molar-refractivity contribution is 5.82. The summed E-state index contributed by atoms with van der Waals surface area (Å²) in [7, 11) is 1.33. The first-order valence-electron chi connectivity index (χ1n) is 6.94. The highest BCUT2D eigenvalue weighted by Crippen LogP contribution is 2.19. The van der Waals surface area contributed by atoms with E-state index >= 15 is 0 Å². The van der Waals surface area contributed by atoms with Crippen LogP contribution in [-0.4, -0.2) is 46.5 Å².